The van der Waals surface area contributed by atoms with Crippen molar-refractivity contribution in [1.82, 2.24) is 0 Å². The van der Waals surface area contributed by atoms with E-state index in [-0.39, 0.29) is 0 Å². The van der Waals surface area contributed by atoms with Gasteiger partial charge in [-0.25, -0.2) is 0 Å². The van der Waals surface area contributed by atoms with Gasteiger partial charge >= 0.3 is 0 Å². The summed E-state index contributed by atoms with van der Waals surface area (Å²) in [5.41, 5.74) is 17.1. The van der Waals surface area contributed by atoms with E-state index < -0.39 is 5.91 Å². The highest BCUT2D eigenvalue weighted by atomic mass is 16.1. The molecule has 4 N–H and O–H groups in total. The third kappa shape index (κ3) is 1.87. The number of amides is 1. The lowest BCUT2D eigenvalue weighted by molar-refractivity contribution is 0.100. The number of hydrogen-bond acceptors (Lipinski definition) is 2. The van der Waals surface area contributed by atoms with Crippen molar-refractivity contribution in [3.63, 3.8) is 0 Å². The normalized spacial score (nSPS) is 13.3. The standard InChI is InChI=1S/C16H16N2O/c17-15-13(8-3-9-14(15)16(18)19)12-7-2-5-10-4-1-6-11(10)12/h2-3,5,7-9H,1,4,6,17H2,(H2,18,19). The van der Waals surface area contributed by atoms with Gasteiger partial charge in [0.25, 0.3) is 5.91 Å². The van der Waals surface area contributed by atoms with Gasteiger partial charge in [0.15, 0.2) is 0 Å². The molecule has 0 radical (unpaired) electrons. The molecule has 96 valence electrons. The van der Waals surface area contributed by atoms with E-state index in [1.807, 2.05) is 12.1 Å². The lowest BCUT2D eigenvalue weighted by Gasteiger charge is -2.13. The number of fused-ring (bicyclic) bond motifs is 1. The summed E-state index contributed by atoms with van der Waals surface area (Å²) in [4.78, 5) is 11.4. The molecule has 0 saturated heterocycles. The molecule has 3 rings (SSSR count). The monoisotopic (exact) mass is 252 g/mol. The molecule has 3 nitrogen and oxygen atoms in total. The third-order valence-corrected chi connectivity index (χ3v) is 3.81. The van der Waals surface area contributed by atoms with E-state index in [9.17, 15) is 4.79 Å². The van der Waals surface area contributed by atoms with Crippen molar-refractivity contribution in [1.29, 1.82) is 0 Å². The molecule has 0 atom stereocenters. The van der Waals surface area contributed by atoms with Gasteiger partial charge in [0.2, 0.25) is 0 Å². The summed E-state index contributed by atoms with van der Waals surface area (Å²) in [6, 6.07) is 11.7. The van der Waals surface area contributed by atoms with E-state index in [1.165, 1.54) is 17.5 Å². The van der Waals surface area contributed by atoms with Crippen molar-refractivity contribution in [3.05, 3.63) is 53.1 Å². The Kier molecular flexibility index (Phi) is 2.75. The third-order valence-electron chi connectivity index (χ3n) is 3.81. The van der Waals surface area contributed by atoms with Crippen molar-refractivity contribution in [2.24, 2.45) is 5.73 Å². The molecule has 1 aliphatic carbocycles. The van der Waals surface area contributed by atoms with Crippen LogP contribution < -0.4 is 11.5 Å². The molecule has 0 heterocycles. The Bertz CT molecular complexity index is 662. The Morgan fingerprint density at radius 2 is 1.74 bits per heavy atom. The molecule has 0 aromatic heterocycles. The molecule has 0 bridgehead atoms. The lowest BCUT2D eigenvalue weighted by atomic mass is 9.94. The number of carbonyl (C=O) groups is 1. The van der Waals surface area contributed by atoms with Crippen LogP contribution in [0.15, 0.2) is 36.4 Å². The van der Waals surface area contributed by atoms with E-state index in [0.29, 0.717) is 11.3 Å². The molecule has 3 heteroatoms. The van der Waals surface area contributed by atoms with Gasteiger partial charge in [0, 0.05) is 5.56 Å². The first-order valence-electron chi connectivity index (χ1n) is 6.48. The number of anilines is 1. The number of primary amides is 1. The molecule has 0 saturated carbocycles. The molecule has 1 amide bonds. The largest absolute Gasteiger partial charge is 0.398 e. The van der Waals surface area contributed by atoms with Gasteiger partial charge in [0.05, 0.1) is 11.3 Å². The average molecular weight is 252 g/mol. The molecule has 2 aromatic carbocycles. The second-order valence-corrected chi connectivity index (χ2v) is 4.93. The number of para-hydroxylation sites is 1. The van der Waals surface area contributed by atoms with Crippen LogP contribution in [0.4, 0.5) is 5.69 Å². The van der Waals surface area contributed by atoms with Crippen LogP contribution in [0, 0.1) is 0 Å². The predicted molar refractivity (Wildman–Crippen MR) is 76.8 cm³/mol. The maximum Gasteiger partial charge on any atom is 0.250 e. The Morgan fingerprint density at radius 3 is 2.53 bits per heavy atom. The van der Waals surface area contributed by atoms with Crippen LogP contribution in [0.5, 0.6) is 0 Å². The number of nitrogens with two attached hydrogens (primary N) is 2. The van der Waals surface area contributed by atoms with Crippen LogP contribution >= 0.6 is 0 Å². The van der Waals surface area contributed by atoms with E-state index in [0.717, 1.165) is 24.0 Å². The maximum absolute atomic E-state index is 11.4. The Hall–Kier alpha value is -2.29. The van der Waals surface area contributed by atoms with Crippen molar-refractivity contribution >= 4 is 11.6 Å². The fraction of sp³-hybridized carbons (Fsp3) is 0.188. The van der Waals surface area contributed by atoms with E-state index in [1.54, 1.807) is 6.07 Å². The molecule has 2 aromatic rings. The number of aryl methyl sites for hydroxylation is 1. The number of hydrogen-bond donors (Lipinski definition) is 2. The molecule has 0 aliphatic heterocycles. The molecular formula is C16H16N2O. The number of benzene rings is 2. The first-order valence-corrected chi connectivity index (χ1v) is 6.48. The highest BCUT2D eigenvalue weighted by Crippen LogP contribution is 2.36. The summed E-state index contributed by atoms with van der Waals surface area (Å²) in [5.74, 6) is -0.480. The zero-order valence-electron chi connectivity index (χ0n) is 10.6. The van der Waals surface area contributed by atoms with Crippen molar-refractivity contribution in [3.8, 4) is 11.1 Å². The smallest absolute Gasteiger partial charge is 0.250 e. The van der Waals surface area contributed by atoms with E-state index in [4.69, 9.17) is 11.5 Å². The van der Waals surface area contributed by atoms with Crippen LogP contribution in [0.2, 0.25) is 0 Å². The van der Waals surface area contributed by atoms with Crippen molar-refractivity contribution < 1.29 is 4.79 Å². The minimum absolute atomic E-state index is 0.396. The highest BCUT2D eigenvalue weighted by molar-refractivity contribution is 6.01. The van der Waals surface area contributed by atoms with Gasteiger partial charge in [-0.1, -0.05) is 30.3 Å². The van der Waals surface area contributed by atoms with Crippen molar-refractivity contribution in [2.75, 3.05) is 5.73 Å². The highest BCUT2D eigenvalue weighted by Gasteiger charge is 2.18. The molecular weight excluding hydrogens is 236 g/mol. The minimum atomic E-state index is -0.480. The van der Waals surface area contributed by atoms with Gasteiger partial charge in [0.1, 0.15) is 0 Å². The van der Waals surface area contributed by atoms with Crippen LogP contribution in [0.1, 0.15) is 27.9 Å². The molecule has 0 spiro atoms. The summed E-state index contributed by atoms with van der Waals surface area (Å²) in [7, 11) is 0. The fourth-order valence-electron chi connectivity index (χ4n) is 2.89. The van der Waals surface area contributed by atoms with Crippen LogP contribution in [0.3, 0.4) is 0 Å². The van der Waals surface area contributed by atoms with Gasteiger partial charge in [-0.2, -0.15) is 0 Å². The van der Waals surface area contributed by atoms with Crippen molar-refractivity contribution in [2.45, 2.75) is 19.3 Å². The van der Waals surface area contributed by atoms with E-state index in [2.05, 4.69) is 18.2 Å². The van der Waals surface area contributed by atoms with Gasteiger partial charge in [-0.15, -0.1) is 0 Å². The zero-order valence-corrected chi connectivity index (χ0v) is 10.6. The summed E-state index contributed by atoms with van der Waals surface area (Å²) in [6.07, 6.45) is 3.38. The first kappa shape index (κ1) is 11.8. The number of nitrogen functional groups attached to an aromatic ring is 1. The zero-order chi connectivity index (χ0) is 13.4. The predicted octanol–water partition coefficient (Wildman–Crippen LogP) is 2.52. The van der Waals surface area contributed by atoms with Crippen LogP contribution in [-0.2, 0) is 12.8 Å². The molecule has 1 aliphatic rings. The lowest BCUT2D eigenvalue weighted by Crippen LogP contribution is -2.14. The average Bonchev–Trinajstić information content (AvgIpc) is 2.87. The SMILES string of the molecule is NC(=O)c1cccc(-c2cccc3c2CCC3)c1N. The summed E-state index contributed by atoms with van der Waals surface area (Å²) >= 11 is 0. The summed E-state index contributed by atoms with van der Waals surface area (Å²) in [5, 5.41) is 0. The van der Waals surface area contributed by atoms with E-state index >= 15 is 0 Å². The molecule has 0 fully saturated rings. The summed E-state index contributed by atoms with van der Waals surface area (Å²) in [6.45, 7) is 0. The molecule has 19 heavy (non-hydrogen) atoms. The topological polar surface area (TPSA) is 69.1 Å². The number of rotatable bonds is 2. The second kappa shape index (κ2) is 4.43. The minimum Gasteiger partial charge on any atom is -0.398 e. The second-order valence-electron chi connectivity index (χ2n) is 4.93. The van der Waals surface area contributed by atoms with Gasteiger partial charge in [-0.3, -0.25) is 4.79 Å². The fourth-order valence-corrected chi connectivity index (χ4v) is 2.89. The Labute approximate surface area is 112 Å². The molecule has 0 unspecified atom stereocenters. The Balaban J connectivity index is 2.21. The Morgan fingerprint density at radius 1 is 1.00 bits per heavy atom. The van der Waals surface area contributed by atoms with Crippen LogP contribution in [0.25, 0.3) is 11.1 Å². The van der Waals surface area contributed by atoms with Crippen LogP contribution in [-0.4, -0.2) is 5.91 Å². The maximum atomic E-state index is 11.4. The quantitative estimate of drug-likeness (QED) is 0.806. The first-order chi connectivity index (χ1) is 9.18. The van der Waals surface area contributed by atoms with Gasteiger partial charge < -0.3 is 11.5 Å². The summed E-state index contributed by atoms with van der Waals surface area (Å²) < 4.78 is 0. The van der Waals surface area contributed by atoms with Gasteiger partial charge in [-0.05, 0) is 42.0 Å². The number of carbonyl (C=O) groups excluding carboxylic acids is 1.